The van der Waals surface area contributed by atoms with Crippen LogP contribution in [0.5, 0.6) is 0 Å². The molecule has 9 heavy (non-hydrogen) atoms. The molecule has 4 heteroatoms. The lowest BCUT2D eigenvalue weighted by atomic mass is 10.5. The van der Waals surface area contributed by atoms with Gasteiger partial charge in [-0.05, 0) is 0 Å². The summed E-state index contributed by atoms with van der Waals surface area (Å²) in [6.07, 6.45) is -1.07. The summed E-state index contributed by atoms with van der Waals surface area (Å²) in [5.74, 6) is 5.00. The summed E-state index contributed by atoms with van der Waals surface area (Å²) >= 11 is 0. The fourth-order valence-electron chi connectivity index (χ4n) is 0.254. The van der Waals surface area contributed by atoms with E-state index in [0.29, 0.717) is 0 Å². The molecule has 0 aliphatic rings. The molecular formula is C5H8N2O2. The van der Waals surface area contributed by atoms with Gasteiger partial charge in [-0.1, -0.05) is 11.8 Å². The fraction of sp³-hybridized carbons (Fsp3) is 0.400. The minimum absolute atomic E-state index is 0.145. The second kappa shape index (κ2) is 4.94. The molecule has 0 saturated carbocycles. The van der Waals surface area contributed by atoms with Crippen molar-refractivity contribution in [3.05, 3.63) is 0 Å². The summed E-state index contributed by atoms with van der Waals surface area (Å²) in [6.45, 7) is 0.411. The van der Waals surface area contributed by atoms with E-state index in [0.717, 1.165) is 0 Å². The normalized spacial score (nSPS) is 7.22. The van der Waals surface area contributed by atoms with Crippen LogP contribution in [-0.2, 0) is 0 Å². The van der Waals surface area contributed by atoms with Crippen LogP contribution in [0.15, 0.2) is 0 Å². The molecule has 0 aromatic carbocycles. The Morgan fingerprint density at radius 3 is 2.78 bits per heavy atom. The lowest BCUT2D eigenvalue weighted by Gasteiger charge is -1.88. The largest absolute Gasteiger partial charge is 0.465 e. The van der Waals surface area contributed by atoms with Gasteiger partial charge in [-0.2, -0.15) is 0 Å². The molecule has 0 aliphatic carbocycles. The zero-order valence-corrected chi connectivity index (χ0v) is 4.85. The number of carboxylic acid groups (broad SMARTS) is 1. The third kappa shape index (κ3) is 6.79. The van der Waals surface area contributed by atoms with Crippen molar-refractivity contribution in [2.45, 2.75) is 0 Å². The van der Waals surface area contributed by atoms with E-state index in [1.807, 2.05) is 0 Å². The summed E-state index contributed by atoms with van der Waals surface area (Å²) in [5.41, 5.74) is 5.00. The zero-order chi connectivity index (χ0) is 7.11. The second-order valence-electron chi connectivity index (χ2n) is 1.22. The fourth-order valence-corrected chi connectivity index (χ4v) is 0.254. The van der Waals surface area contributed by atoms with Gasteiger partial charge in [0.05, 0.1) is 13.1 Å². The Hall–Kier alpha value is -1.21. The first-order valence-electron chi connectivity index (χ1n) is 2.40. The number of rotatable bonds is 1. The van der Waals surface area contributed by atoms with Crippen LogP contribution in [0.4, 0.5) is 4.79 Å². The quantitative estimate of drug-likeness (QED) is 0.405. The third-order valence-corrected chi connectivity index (χ3v) is 0.555. The molecular weight excluding hydrogens is 120 g/mol. The Morgan fingerprint density at radius 1 is 1.67 bits per heavy atom. The van der Waals surface area contributed by atoms with Crippen molar-refractivity contribution in [3.63, 3.8) is 0 Å². The number of nitrogens with two attached hydrogens (primary N) is 1. The molecule has 0 saturated heterocycles. The van der Waals surface area contributed by atoms with Crippen LogP contribution in [0.25, 0.3) is 0 Å². The number of hydrogen-bond donors (Lipinski definition) is 3. The number of nitrogens with one attached hydrogen (secondary N) is 1. The highest BCUT2D eigenvalue weighted by molar-refractivity contribution is 5.64. The minimum atomic E-state index is -1.07. The third-order valence-electron chi connectivity index (χ3n) is 0.555. The Balaban J connectivity index is 3.19. The topological polar surface area (TPSA) is 75.3 Å². The van der Waals surface area contributed by atoms with E-state index < -0.39 is 6.09 Å². The van der Waals surface area contributed by atoms with Gasteiger partial charge < -0.3 is 16.2 Å². The minimum Gasteiger partial charge on any atom is -0.465 e. The number of hydrogen-bond acceptors (Lipinski definition) is 2. The van der Waals surface area contributed by atoms with Crippen molar-refractivity contribution < 1.29 is 9.90 Å². The smallest absolute Gasteiger partial charge is 0.405 e. The maximum absolute atomic E-state index is 9.75. The van der Waals surface area contributed by atoms with Crippen LogP contribution < -0.4 is 11.1 Å². The van der Waals surface area contributed by atoms with Gasteiger partial charge in [-0.3, -0.25) is 0 Å². The predicted molar refractivity (Wildman–Crippen MR) is 32.9 cm³/mol. The van der Waals surface area contributed by atoms with E-state index in [9.17, 15) is 4.79 Å². The molecule has 0 radical (unpaired) electrons. The maximum Gasteiger partial charge on any atom is 0.405 e. The first-order valence-corrected chi connectivity index (χ1v) is 2.40. The standard InChI is InChI=1S/C5H8N2O2/c6-3-1-2-4-7-5(8)9/h7H,3-4,6H2,(H,8,9). The van der Waals surface area contributed by atoms with Gasteiger partial charge in [0.1, 0.15) is 0 Å². The Bertz CT molecular complexity index is 145. The van der Waals surface area contributed by atoms with Gasteiger partial charge in [-0.15, -0.1) is 0 Å². The molecule has 0 unspecified atom stereocenters. The van der Waals surface area contributed by atoms with Gasteiger partial charge in [0, 0.05) is 0 Å². The zero-order valence-electron chi connectivity index (χ0n) is 4.85. The van der Waals surface area contributed by atoms with Crippen molar-refractivity contribution in [2.75, 3.05) is 13.1 Å². The summed E-state index contributed by atoms with van der Waals surface area (Å²) < 4.78 is 0. The summed E-state index contributed by atoms with van der Waals surface area (Å²) in [7, 11) is 0. The van der Waals surface area contributed by atoms with Gasteiger partial charge in [-0.25, -0.2) is 4.79 Å². The van der Waals surface area contributed by atoms with Crippen molar-refractivity contribution in [3.8, 4) is 11.8 Å². The Morgan fingerprint density at radius 2 is 2.33 bits per heavy atom. The van der Waals surface area contributed by atoms with Crippen LogP contribution in [-0.4, -0.2) is 24.3 Å². The molecule has 0 aliphatic heterocycles. The molecule has 0 fully saturated rings. The highest BCUT2D eigenvalue weighted by Crippen LogP contribution is 1.57. The van der Waals surface area contributed by atoms with Crippen LogP contribution in [0, 0.1) is 11.8 Å². The highest BCUT2D eigenvalue weighted by atomic mass is 16.4. The molecule has 0 rings (SSSR count). The van der Waals surface area contributed by atoms with Crippen molar-refractivity contribution in [1.82, 2.24) is 5.32 Å². The average molecular weight is 128 g/mol. The molecule has 50 valence electrons. The Labute approximate surface area is 53.0 Å². The first-order chi connectivity index (χ1) is 4.27. The van der Waals surface area contributed by atoms with E-state index in [2.05, 4.69) is 17.2 Å². The van der Waals surface area contributed by atoms with Crippen LogP contribution in [0.1, 0.15) is 0 Å². The number of amides is 1. The molecule has 4 N–H and O–H groups in total. The van der Waals surface area contributed by atoms with E-state index in [4.69, 9.17) is 10.8 Å². The van der Waals surface area contributed by atoms with Crippen LogP contribution >= 0.6 is 0 Å². The summed E-state index contributed by atoms with van der Waals surface area (Å²) in [6, 6.07) is 0. The SMILES string of the molecule is NCC#CCNC(=O)O. The molecule has 1 amide bonds. The molecule has 0 heterocycles. The molecule has 0 aromatic heterocycles. The summed E-state index contributed by atoms with van der Waals surface area (Å²) in [5, 5.41) is 10.1. The van der Waals surface area contributed by atoms with Gasteiger partial charge in [0.15, 0.2) is 0 Å². The van der Waals surface area contributed by atoms with Crippen molar-refractivity contribution >= 4 is 6.09 Å². The second-order valence-corrected chi connectivity index (χ2v) is 1.22. The lowest BCUT2D eigenvalue weighted by molar-refractivity contribution is 0.196. The van der Waals surface area contributed by atoms with Crippen LogP contribution in [0.3, 0.4) is 0 Å². The summed E-state index contributed by atoms with van der Waals surface area (Å²) in [4.78, 5) is 9.75. The predicted octanol–water partition coefficient (Wildman–Crippen LogP) is -0.784. The Kier molecular flexibility index (Phi) is 4.27. The lowest BCUT2D eigenvalue weighted by Crippen LogP contribution is -2.20. The van der Waals surface area contributed by atoms with E-state index >= 15 is 0 Å². The van der Waals surface area contributed by atoms with Crippen molar-refractivity contribution in [1.29, 1.82) is 0 Å². The molecule has 4 nitrogen and oxygen atoms in total. The molecule has 0 atom stereocenters. The first kappa shape index (κ1) is 7.79. The maximum atomic E-state index is 9.75. The van der Waals surface area contributed by atoms with E-state index in [-0.39, 0.29) is 13.1 Å². The number of carbonyl (C=O) groups is 1. The van der Waals surface area contributed by atoms with Crippen LogP contribution in [0.2, 0.25) is 0 Å². The molecule has 0 aromatic rings. The van der Waals surface area contributed by atoms with Crippen molar-refractivity contribution in [2.24, 2.45) is 5.73 Å². The van der Waals surface area contributed by atoms with E-state index in [1.165, 1.54) is 0 Å². The van der Waals surface area contributed by atoms with Gasteiger partial charge in [0.25, 0.3) is 0 Å². The van der Waals surface area contributed by atoms with Gasteiger partial charge >= 0.3 is 6.09 Å². The average Bonchev–Trinajstić information content (AvgIpc) is 1.80. The van der Waals surface area contributed by atoms with E-state index in [1.54, 1.807) is 0 Å². The monoisotopic (exact) mass is 128 g/mol. The molecule has 0 spiro atoms. The highest BCUT2D eigenvalue weighted by Gasteiger charge is 1.85. The molecule has 0 bridgehead atoms. The van der Waals surface area contributed by atoms with Gasteiger partial charge in [0.2, 0.25) is 0 Å².